The first kappa shape index (κ1) is 14.1. The normalized spacial score (nSPS) is 15.1. The molecular formula is C13H18ClN3O2. The third-order valence-corrected chi connectivity index (χ3v) is 3.75. The molecule has 0 bridgehead atoms. The summed E-state index contributed by atoms with van der Waals surface area (Å²) in [5, 5.41) is 9.23. The quantitative estimate of drug-likeness (QED) is 0.862. The van der Waals surface area contributed by atoms with E-state index in [1.807, 2.05) is 4.90 Å². The zero-order valence-electron chi connectivity index (χ0n) is 10.7. The van der Waals surface area contributed by atoms with Crippen LogP contribution in [0, 0.1) is 0 Å². The fourth-order valence-corrected chi connectivity index (χ4v) is 2.29. The summed E-state index contributed by atoms with van der Waals surface area (Å²) in [6.45, 7) is 0.638. The van der Waals surface area contributed by atoms with Gasteiger partial charge in [0, 0.05) is 25.4 Å². The summed E-state index contributed by atoms with van der Waals surface area (Å²) in [5.41, 5.74) is 5.99. The SMILES string of the molecule is Nc1ncc(C(=O)N(CCCO)C2CCC2)cc1Cl. The third-order valence-electron chi connectivity index (χ3n) is 3.45. The first-order chi connectivity index (χ1) is 9.13. The first-order valence-electron chi connectivity index (χ1n) is 6.46. The number of nitrogens with zero attached hydrogens (tertiary/aromatic N) is 2. The molecule has 1 heterocycles. The molecule has 0 spiro atoms. The minimum atomic E-state index is -0.0902. The van der Waals surface area contributed by atoms with Crippen molar-refractivity contribution in [3.8, 4) is 0 Å². The molecule has 104 valence electrons. The van der Waals surface area contributed by atoms with Crippen LogP contribution in [0.2, 0.25) is 5.02 Å². The number of anilines is 1. The lowest BCUT2D eigenvalue weighted by Gasteiger charge is -2.37. The van der Waals surface area contributed by atoms with Gasteiger partial charge in [0.1, 0.15) is 5.82 Å². The number of nitrogen functional groups attached to an aromatic ring is 1. The van der Waals surface area contributed by atoms with Gasteiger partial charge in [0.25, 0.3) is 5.91 Å². The Hall–Kier alpha value is -1.33. The van der Waals surface area contributed by atoms with Crippen molar-refractivity contribution in [3.05, 3.63) is 22.8 Å². The number of pyridine rings is 1. The van der Waals surface area contributed by atoms with E-state index >= 15 is 0 Å². The average molecular weight is 284 g/mol. The molecule has 0 atom stereocenters. The van der Waals surface area contributed by atoms with Crippen LogP contribution in [-0.4, -0.2) is 40.1 Å². The van der Waals surface area contributed by atoms with Gasteiger partial charge in [-0.2, -0.15) is 0 Å². The maximum absolute atomic E-state index is 12.5. The maximum Gasteiger partial charge on any atom is 0.255 e. The molecule has 1 saturated carbocycles. The summed E-state index contributed by atoms with van der Waals surface area (Å²) < 4.78 is 0. The van der Waals surface area contributed by atoms with Crippen LogP contribution in [-0.2, 0) is 0 Å². The van der Waals surface area contributed by atoms with Gasteiger partial charge in [0.15, 0.2) is 0 Å². The fourth-order valence-electron chi connectivity index (χ4n) is 2.12. The van der Waals surface area contributed by atoms with Crippen molar-refractivity contribution < 1.29 is 9.90 Å². The highest BCUT2D eigenvalue weighted by atomic mass is 35.5. The third kappa shape index (κ3) is 3.16. The van der Waals surface area contributed by atoms with Crippen LogP contribution in [0.1, 0.15) is 36.0 Å². The van der Waals surface area contributed by atoms with Crippen LogP contribution in [0.4, 0.5) is 5.82 Å². The van der Waals surface area contributed by atoms with Gasteiger partial charge in [-0.15, -0.1) is 0 Å². The Labute approximate surface area is 117 Å². The zero-order valence-corrected chi connectivity index (χ0v) is 11.4. The smallest absolute Gasteiger partial charge is 0.255 e. The van der Waals surface area contributed by atoms with Crippen molar-refractivity contribution in [2.75, 3.05) is 18.9 Å². The Morgan fingerprint density at radius 3 is 2.84 bits per heavy atom. The number of aromatic nitrogens is 1. The van der Waals surface area contributed by atoms with E-state index in [0.717, 1.165) is 19.3 Å². The summed E-state index contributed by atoms with van der Waals surface area (Å²) in [6, 6.07) is 1.83. The molecular weight excluding hydrogens is 266 g/mol. The van der Waals surface area contributed by atoms with Gasteiger partial charge in [-0.1, -0.05) is 11.6 Å². The maximum atomic E-state index is 12.5. The van der Waals surface area contributed by atoms with Gasteiger partial charge in [-0.25, -0.2) is 4.98 Å². The molecule has 19 heavy (non-hydrogen) atoms. The standard InChI is InChI=1S/C13H18ClN3O2/c14-11-7-9(8-16-12(11)15)13(19)17(5-2-6-18)10-3-1-4-10/h7-8,10,18H,1-6H2,(H2,15,16). The fraction of sp³-hybridized carbons (Fsp3) is 0.538. The predicted molar refractivity (Wildman–Crippen MR) is 74.0 cm³/mol. The van der Waals surface area contributed by atoms with E-state index in [2.05, 4.69) is 4.98 Å². The monoisotopic (exact) mass is 283 g/mol. The highest BCUT2D eigenvalue weighted by Crippen LogP contribution is 2.27. The largest absolute Gasteiger partial charge is 0.396 e. The molecule has 0 saturated heterocycles. The van der Waals surface area contributed by atoms with Crippen LogP contribution in [0.25, 0.3) is 0 Å². The minimum absolute atomic E-state index is 0.0806. The number of aliphatic hydroxyl groups excluding tert-OH is 1. The lowest BCUT2D eigenvalue weighted by Crippen LogP contribution is -2.45. The van der Waals surface area contributed by atoms with Gasteiger partial charge in [0.2, 0.25) is 0 Å². The number of carbonyl (C=O) groups excluding carboxylic acids is 1. The van der Waals surface area contributed by atoms with Gasteiger partial charge >= 0.3 is 0 Å². The van der Waals surface area contributed by atoms with Crippen molar-refractivity contribution >= 4 is 23.3 Å². The average Bonchev–Trinajstić information content (AvgIpc) is 2.34. The number of nitrogens with two attached hydrogens (primary N) is 1. The van der Waals surface area contributed by atoms with Crippen molar-refractivity contribution in [1.29, 1.82) is 0 Å². The van der Waals surface area contributed by atoms with Gasteiger partial charge in [0.05, 0.1) is 10.6 Å². The number of hydrogen-bond donors (Lipinski definition) is 2. The number of halogens is 1. The van der Waals surface area contributed by atoms with E-state index in [-0.39, 0.29) is 24.4 Å². The van der Waals surface area contributed by atoms with Crippen molar-refractivity contribution in [2.45, 2.75) is 31.7 Å². The van der Waals surface area contributed by atoms with E-state index in [9.17, 15) is 4.79 Å². The summed E-state index contributed by atoms with van der Waals surface area (Å²) in [7, 11) is 0. The Balaban J connectivity index is 2.15. The van der Waals surface area contributed by atoms with Crippen LogP contribution in [0.3, 0.4) is 0 Å². The first-order valence-corrected chi connectivity index (χ1v) is 6.84. The van der Waals surface area contributed by atoms with Crippen molar-refractivity contribution in [3.63, 3.8) is 0 Å². The van der Waals surface area contributed by atoms with Gasteiger partial charge in [-0.05, 0) is 31.7 Å². The van der Waals surface area contributed by atoms with E-state index < -0.39 is 0 Å². The molecule has 0 aliphatic heterocycles. The molecule has 0 aromatic carbocycles. The van der Waals surface area contributed by atoms with E-state index in [4.69, 9.17) is 22.4 Å². The minimum Gasteiger partial charge on any atom is -0.396 e. The molecule has 1 aromatic rings. The van der Waals surface area contributed by atoms with E-state index in [1.165, 1.54) is 6.20 Å². The summed E-state index contributed by atoms with van der Waals surface area (Å²) >= 11 is 5.90. The van der Waals surface area contributed by atoms with Crippen LogP contribution in [0.15, 0.2) is 12.3 Å². The molecule has 1 aromatic heterocycles. The molecule has 3 N–H and O–H groups in total. The molecule has 0 radical (unpaired) electrons. The Kier molecular flexibility index (Phi) is 4.61. The van der Waals surface area contributed by atoms with Gasteiger partial charge < -0.3 is 15.7 Å². The second-order valence-corrected chi connectivity index (χ2v) is 5.16. The molecule has 1 amide bonds. The molecule has 1 fully saturated rings. The van der Waals surface area contributed by atoms with Crippen LogP contribution < -0.4 is 5.73 Å². The Morgan fingerprint density at radius 2 is 2.32 bits per heavy atom. The zero-order chi connectivity index (χ0) is 13.8. The molecule has 2 rings (SSSR count). The predicted octanol–water partition coefficient (Wildman–Crippen LogP) is 1.69. The van der Waals surface area contributed by atoms with E-state index in [0.29, 0.717) is 23.6 Å². The number of hydrogen-bond acceptors (Lipinski definition) is 4. The lowest BCUT2D eigenvalue weighted by atomic mass is 9.91. The number of aliphatic hydroxyl groups is 1. The molecule has 5 nitrogen and oxygen atoms in total. The summed E-state index contributed by atoms with van der Waals surface area (Å²) in [6.07, 6.45) is 5.22. The highest BCUT2D eigenvalue weighted by molar-refractivity contribution is 6.33. The summed E-state index contributed by atoms with van der Waals surface area (Å²) in [4.78, 5) is 18.2. The Bertz CT molecular complexity index is 463. The second-order valence-electron chi connectivity index (χ2n) is 4.75. The molecule has 0 unspecified atom stereocenters. The second kappa shape index (κ2) is 6.21. The van der Waals surface area contributed by atoms with Gasteiger partial charge in [-0.3, -0.25) is 4.79 Å². The number of rotatable bonds is 5. The number of carbonyl (C=O) groups is 1. The lowest BCUT2D eigenvalue weighted by molar-refractivity contribution is 0.0562. The number of amides is 1. The topological polar surface area (TPSA) is 79.5 Å². The Morgan fingerprint density at radius 1 is 1.58 bits per heavy atom. The molecule has 1 aliphatic rings. The summed E-state index contributed by atoms with van der Waals surface area (Å²) in [5.74, 6) is 0.135. The van der Waals surface area contributed by atoms with Crippen molar-refractivity contribution in [1.82, 2.24) is 9.88 Å². The molecule has 6 heteroatoms. The van der Waals surface area contributed by atoms with Crippen LogP contribution >= 0.6 is 11.6 Å². The van der Waals surface area contributed by atoms with Crippen LogP contribution in [0.5, 0.6) is 0 Å². The van der Waals surface area contributed by atoms with E-state index in [1.54, 1.807) is 6.07 Å². The highest BCUT2D eigenvalue weighted by Gasteiger charge is 2.29. The van der Waals surface area contributed by atoms with Crippen molar-refractivity contribution in [2.24, 2.45) is 0 Å². The molecule has 1 aliphatic carbocycles.